The quantitative estimate of drug-likeness (QED) is 0.453. The number of aliphatic imine (C=N–C) groups is 1. The van der Waals surface area contributed by atoms with Crippen molar-refractivity contribution in [3.8, 4) is 0 Å². The van der Waals surface area contributed by atoms with Gasteiger partial charge in [0.1, 0.15) is 5.54 Å². The molecule has 0 amide bonds. The van der Waals surface area contributed by atoms with Crippen LogP contribution in [0.25, 0.3) is 0 Å². The Morgan fingerprint density at radius 3 is 1.28 bits per heavy atom. The first-order valence-corrected chi connectivity index (χ1v) is 8.29. The van der Waals surface area contributed by atoms with E-state index in [2.05, 4.69) is 4.99 Å². The average molecular weight is 339 g/mol. The third-order valence-electron chi connectivity index (χ3n) is 4.05. The summed E-state index contributed by atoms with van der Waals surface area (Å²) in [7, 11) is 0. The van der Waals surface area contributed by atoms with Gasteiger partial charge in [-0.25, -0.2) is 4.79 Å². The molecule has 3 aliphatic rings. The Labute approximate surface area is 147 Å². The maximum Gasteiger partial charge on any atom is 0.235 e. The highest BCUT2D eigenvalue weighted by Crippen LogP contribution is 2.20. The van der Waals surface area contributed by atoms with Gasteiger partial charge in [-0.05, 0) is 0 Å². The molecule has 0 heterocycles. The molecule has 0 spiro atoms. The molecule has 0 saturated carbocycles. The zero-order chi connectivity index (χ0) is 17.4. The van der Waals surface area contributed by atoms with Crippen molar-refractivity contribution in [2.75, 3.05) is 19.8 Å². The van der Waals surface area contributed by atoms with Crippen LogP contribution in [0, 0.1) is 0 Å². The van der Waals surface area contributed by atoms with Crippen molar-refractivity contribution in [1.82, 2.24) is 0 Å². The highest BCUT2D eigenvalue weighted by Gasteiger charge is 2.34. The number of rotatable bonds is 10. The lowest BCUT2D eigenvalue weighted by Gasteiger charge is -2.30. The van der Waals surface area contributed by atoms with Crippen LogP contribution < -0.4 is 0 Å². The van der Waals surface area contributed by atoms with Gasteiger partial charge in [0.15, 0.2) is 0 Å². The van der Waals surface area contributed by atoms with E-state index in [-0.39, 0.29) is 38.1 Å². The largest absolute Gasteiger partial charge is 0.367 e. The summed E-state index contributed by atoms with van der Waals surface area (Å²) < 4.78 is 17.6. The molecule has 0 aromatic heterocycles. The van der Waals surface area contributed by atoms with Crippen molar-refractivity contribution in [2.45, 2.75) is 23.9 Å². The summed E-state index contributed by atoms with van der Waals surface area (Å²) in [5, 5.41) is 0. The molecule has 3 rings (SSSR count). The first-order valence-electron chi connectivity index (χ1n) is 8.29. The number of allylic oxidation sites excluding steroid dienone is 6. The molecule has 130 valence electrons. The molecule has 0 bridgehead atoms. The Bertz CT molecular complexity index is 565. The highest BCUT2D eigenvalue weighted by atomic mass is 16.5. The maximum absolute atomic E-state index is 11.1. The number of hydrogen-bond donors (Lipinski definition) is 0. The van der Waals surface area contributed by atoms with E-state index in [1.165, 1.54) is 0 Å². The van der Waals surface area contributed by atoms with Crippen molar-refractivity contribution in [3.63, 3.8) is 0 Å². The predicted octanol–water partition coefficient (Wildman–Crippen LogP) is 2.59. The van der Waals surface area contributed by atoms with Gasteiger partial charge in [-0.15, -0.1) is 0 Å². The second kappa shape index (κ2) is 8.70. The van der Waals surface area contributed by atoms with E-state index in [1.54, 1.807) is 6.08 Å². The normalized spacial score (nSPS) is 19.5. The summed E-state index contributed by atoms with van der Waals surface area (Å²) in [6.07, 6.45) is 24.4. The summed E-state index contributed by atoms with van der Waals surface area (Å²) in [5.41, 5.74) is -0.944. The van der Waals surface area contributed by atoms with Crippen molar-refractivity contribution in [1.29, 1.82) is 0 Å². The van der Waals surface area contributed by atoms with Crippen LogP contribution in [-0.2, 0) is 19.0 Å². The van der Waals surface area contributed by atoms with E-state index >= 15 is 0 Å². The van der Waals surface area contributed by atoms with Gasteiger partial charge in [-0.1, -0.05) is 72.9 Å². The minimum atomic E-state index is -0.944. The van der Waals surface area contributed by atoms with Gasteiger partial charge < -0.3 is 14.2 Å². The Morgan fingerprint density at radius 1 is 0.680 bits per heavy atom. The maximum atomic E-state index is 11.1. The summed E-state index contributed by atoms with van der Waals surface area (Å²) in [6, 6.07) is 0. The van der Waals surface area contributed by atoms with Gasteiger partial charge in [0.05, 0.1) is 38.1 Å². The molecular formula is C20H21NO4. The van der Waals surface area contributed by atoms with Gasteiger partial charge in [0.25, 0.3) is 0 Å². The van der Waals surface area contributed by atoms with E-state index in [1.807, 2.05) is 72.9 Å². The fourth-order valence-corrected chi connectivity index (χ4v) is 2.64. The average Bonchev–Trinajstić information content (AvgIpc) is 3.40. The van der Waals surface area contributed by atoms with E-state index in [0.717, 1.165) is 0 Å². The molecule has 5 heteroatoms. The monoisotopic (exact) mass is 339 g/mol. The van der Waals surface area contributed by atoms with Crippen LogP contribution in [0.3, 0.4) is 0 Å². The van der Waals surface area contributed by atoms with Crippen LogP contribution in [-0.4, -0.2) is 49.8 Å². The van der Waals surface area contributed by atoms with Crippen molar-refractivity contribution >= 4 is 6.08 Å². The molecule has 0 aromatic rings. The summed E-state index contributed by atoms with van der Waals surface area (Å²) in [5.74, 6) is 0. The van der Waals surface area contributed by atoms with E-state index < -0.39 is 5.54 Å². The molecule has 5 nitrogen and oxygen atoms in total. The number of nitrogens with zero attached hydrogens (tertiary/aromatic N) is 1. The Hall–Kier alpha value is -2.30. The fraction of sp³-hybridized carbons (Fsp3) is 0.350. The molecule has 0 N–H and O–H groups in total. The Kier molecular flexibility index (Phi) is 6.09. The number of ether oxygens (including phenoxy) is 3. The van der Waals surface area contributed by atoms with Gasteiger partial charge >= 0.3 is 0 Å². The zero-order valence-electron chi connectivity index (χ0n) is 13.9. The van der Waals surface area contributed by atoms with E-state index in [9.17, 15) is 4.79 Å². The molecular weight excluding hydrogens is 318 g/mol. The van der Waals surface area contributed by atoms with E-state index in [0.29, 0.717) is 0 Å². The first kappa shape index (κ1) is 17.5. The van der Waals surface area contributed by atoms with Gasteiger partial charge in [0.2, 0.25) is 6.08 Å². The van der Waals surface area contributed by atoms with Crippen LogP contribution in [0.15, 0.2) is 77.9 Å². The lowest BCUT2D eigenvalue weighted by atomic mass is 10.0. The van der Waals surface area contributed by atoms with Crippen LogP contribution >= 0.6 is 0 Å². The SMILES string of the molecule is O=C=NC(COC1C=CC=C1)(COC1C=CC=C1)COC1C=CC=C1. The van der Waals surface area contributed by atoms with Crippen molar-refractivity contribution in [2.24, 2.45) is 4.99 Å². The molecule has 0 radical (unpaired) electrons. The standard InChI is InChI=1S/C20H21NO4/c22-16-21-20(13-23-17-7-1-2-8-17,14-24-18-9-3-4-10-18)15-25-19-11-5-6-12-19/h1-12,17-19H,13-15H2. The first-order chi connectivity index (χ1) is 12.3. The van der Waals surface area contributed by atoms with Gasteiger partial charge in [0, 0.05) is 0 Å². The number of carbonyl (C=O) groups excluding carboxylic acids is 1. The smallest absolute Gasteiger partial charge is 0.235 e. The number of isocyanates is 1. The molecule has 0 saturated heterocycles. The Balaban J connectivity index is 1.66. The number of hydrogen-bond acceptors (Lipinski definition) is 5. The summed E-state index contributed by atoms with van der Waals surface area (Å²) in [4.78, 5) is 15.1. The van der Waals surface area contributed by atoms with Gasteiger partial charge in [-0.3, -0.25) is 0 Å². The molecule has 0 unspecified atom stereocenters. The lowest BCUT2D eigenvalue weighted by molar-refractivity contribution is -0.0349. The third-order valence-corrected chi connectivity index (χ3v) is 4.05. The molecule has 25 heavy (non-hydrogen) atoms. The highest BCUT2D eigenvalue weighted by molar-refractivity contribution is 5.35. The molecule has 0 aliphatic heterocycles. The van der Waals surface area contributed by atoms with Gasteiger partial charge in [-0.2, -0.15) is 4.99 Å². The second-order valence-electron chi connectivity index (χ2n) is 6.06. The van der Waals surface area contributed by atoms with Crippen LogP contribution in [0.1, 0.15) is 0 Å². The predicted molar refractivity (Wildman–Crippen MR) is 94.9 cm³/mol. The van der Waals surface area contributed by atoms with Crippen molar-refractivity contribution < 1.29 is 19.0 Å². The Morgan fingerprint density at radius 2 is 1.00 bits per heavy atom. The van der Waals surface area contributed by atoms with Crippen LogP contribution in [0.4, 0.5) is 0 Å². The van der Waals surface area contributed by atoms with Crippen LogP contribution in [0.2, 0.25) is 0 Å². The topological polar surface area (TPSA) is 57.1 Å². The third kappa shape index (κ3) is 5.08. The van der Waals surface area contributed by atoms with Crippen LogP contribution in [0.5, 0.6) is 0 Å². The molecule has 0 fully saturated rings. The fourth-order valence-electron chi connectivity index (χ4n) is 2.64. The minimum Gasteiger partial charge on any atom is -0.367 e. The summed E-state index contributed by atoms with van der Waals surface area (Å²) >= 11 is 0. The molecule has 0 atom stereocenters. The second-order valence-corrected chi connectivity index (χ2v) is 6.06. The summed E-state index contributed by atoms with van der Waals surface area (Å²) in [6.45, 7) is 0.589. The minimum absolute atomic E-state index is 0.126. The lowest BCUT2D eigenvalue weighted by Crippen LogP contribution is -2.45. The molecule has 3 aliphatic carbocycles. The molecule has 0 aromatic carbocycles. The van der Waals surface area contributed by atoms with Crippen molar-refractivity contribution in [3.05, 3.63) is 72.9 Å². The van der Waals surface area contributed by atoms with E-state index in [4.69, 9.17) is 14.2 Å². The zero-order valence-corrected chi connectivity index (χ0v) is 13.9.